The molecule has 0 amide bonds. The lowest BCUT2D eigenvalue weighted by molar-refractivity contribution is 0.199. The summed E-state index contributed by atoms with van der Waals surface area (Å²) in [5.74, 6) is 1.97. The van der Waals surface area contributed by atoms with Crippen molar-refractivity contribution in [3.8, 4) is 11.3 Å². The van der Waals surface area contributed by atoms with E-state index in [0.29, 0.717) is 11.8 Å². The zero-order chi connectivity index (χ0) is 21.0. The highest BCUT2D eigenvalue weighted by atomic mass is 16.5. The van der Waals surface area contributed by atoms with Crippen LogP contribution in [0, 0.1) is 6.92 Å². The van der Waals surface area contributed by atoms with E-state index in [0.717, 1.165) is 46.8 Å². The summed E-state index contributed by atoms with van der Waals surface area (Å²) in [4.78, 5) is 13.2. The Bertz CT molecular complexity index is 955. The molecule has 0 radical (unpaired) electrons. The first-order valence-corrected chi connectivity index (χ1v) is 10.7. The molecule has 1 aliphatic rings. The highest BCUT2D eigenvalue weighted by molar-refractivity contribution is 5.86. The summed E-state index contributed by atoms with van der Waals surface area (Å²) in [7, 11) is 3.65. The van der Waals surface area contributed by atoms with Crippen LogP contribution in [0.3, 0.4) is 0 Å². The van der Waals surface area contributed by atoms with E-state index in [-0.39, 0.29) is 0 Å². The van der Waals surface area contributed by atoms with E-state index in [1.54, 1.807) is 7.11 Å². The Kier molecular flexibility index (Phi) is 6.91. The summed E-state index contributed by atoms with van der Waals surface area (Å²) in [6.07, 6.45) is 5.67. The molecule has 2 N–H and O–H groups in total. The van der Waals surface area contributed by atoms with Crippen molar-refractivity contribution in [2.75, 3.05) is 26.1 Å². The molecule has 0 spiro atoms. The fourth-order valence-electron chi connectivity index (χ4n) is 3.50. The van der Waals surface area contributed by atoms with Crippen molar-refractivity contribution in [2.45, 2.75) is 58.8 Å². The van der Waals surface area contributed by atoms with Crippen molar-refractivity contribution < 1.29 is 4.74 Å². The fraction of sp³-hybridized carbons (Fsp3) is 0.500. The van der Waals surface area contributed by atoms with Gasteiger partial charge in [0.2, 0.25) is 0 Å². The summed E-state index contributed by atoms with van der Waals surface area (Å²) in [6, 6.07) is 6.60. The number of H-pyrrole nitrogens is 1. The Labute approximate surface area is 174 Å². The molecule has 3 heterocycles. The second kappa shape index (κ2) is 9.40. The van der Waals surface area contributed by atoms with Crippen LogP contribution in [0.2, 0.25) is 0 Å². The van der Waals surface area contributed by atoms with Gasteiger partial charge in [0.05, 0.1) is 16.7 Å². The van der Waals surface area contributed by atoms with Gasteiger partial charge < -0.3 is 15.0 Å². The van der Waals surface area contributed by atoms with E-state index in [2.05, 4.69) is 56.2 Å². The van der Waals surface area contributed by atoms with Crippen molar-refractivity contribution in [1.82, 2.24) is 15.0 Å². The van der Waals surface area contributed by atoms with Crippen molar-refractivity contribution >= 4 is 16.9 Å². The van der Waals surface area contributed by atoms with E-state index in [4.69, 9.17) is 14.7 Å². The Balaban J connectivity index is 0.000000431. The van der Waals surface area contributed by atoms with Crippen LogP contribution in [0.15, 0.2) is 24.4 Å². The van der Waals surface area contributed by atoms with Crippen molar-refractivity contribution in [2.24, 2.45) is 0 Å². The van der Waals surface area contributed by atoms with Gasteiger partial charge in [0.25, 0.3) is 0 Å². The zero-order valence-electron chi connectivity index (χ0n) is 18.6. The third-order valence-electron chi connectivity index (χ3n) is 5.30. The van der Waals surface area contributed by atoms with Crippen LogP contribution in [0.25, 0.3) is 22.3 Å². The Hall–Kier alpha value is -2.40. The molecule has 3 aromatic rings. The molecule has 0 atom stereocenters. The molecule has 29 heavy (non-hydrogen) atoms. The van der Waals surface area contributed by atoms with Gasteiger partial charge in [-0.2, -0.15) is 0 Å². The summed E-state index contributed by atoms with van der Waals surface area (Å²) >= 11 is 0. The second-order valence-electron chi connectivity index (χ2n) is 8.10. The van der Waals surface area contributed by atoms with E-state index >= 15 is 0 Å². The standard InChI is InChI=1S/C20H24N4.C4H10O/c1-11(2)16-8-7-14(20(21-4)23-16)19-15(13-5-6-13)9-17-18(24-19)12(3)10-22-17;1-3-4-5-2/h7-11,13,22H,5-6H2,1-4H3,(H,21,23);3-4H2,1-2H3. The predicted molar refractivity (Wildman–Crippen MR) is 122 cm³/mol. The summed E-state index contributed by atoms with van der Waals surface area (Å²) in [5, 5.41) is 3.27. The number of methoxy groups -OCH3 is 1. The number of nitrogens with one attached hydrogen (secondary N) is 2. The molecule has 0 unspecified atom stereocenters. The van der Waals surface area contributed by atoms with Crippen LogP contribution < -0.4 is 5.32 Å². The van der Waals surface area contributed by atoms with Gasteiger partial charge in [-0.1, -0.05) is 20.8 Å². The van der Waals surface area contributed by atoms with Crippen LogP contribution in [0.5, 0.6) is 0 Å². The molecule has 0 aromatic carbocycles. The molecule has 156 valence electrons. The lowest BCUT2D eigenvalue weighted by Gasteiger charge is -2.15. The topological polar surface area (TPSA) is 62.8 Å². The monoisotopic (exact) mass is 394 g/mol. The number of fused-ring (bicyclic) bond motifs is 1. The molecule has 1 saturated carbocycles. The van der Waals surface area contributed by atoms with Crippen LogP contribution in [0.4, 0.5) is 5.82 Å². The predicted octanol–water partition coefficient (Wildman–Crippen LogP) is 6.02. The first-order chi connectivity index (χ1) is 14.0. The number of aromatic amines is 1. The smallest absolute Gasteiger partial charge is 0.135 e. The van der Waals surface area contributed by atoms with Crippen molar-refractivity contribution in [1.29, 1.82) is 0 Å². The molecular weight excluding hydrogens is 360 g/mol. The third-order valence-corrected chi connectivity index (χ3v) is 5.30. The molecular formula is C24H34N4O. The number of anilines is 1. The molecule has 3 aromatic heterocycles. The van der Waals surface area contributed by atoms with Crippen molar-refractivity contribution in [3.63, 3.8) is 0 Å². The maximum Gasteiger partial charge on any atom is 0.135 e. The van der Waals surface area contributed by atoms with Crippen LogP contribution >= 0.6 is 0 Å². The van der Waals surface area contributed by atoms with Gasteiger partial charge >= 0.3 is 0 Å². The number of ether oxygens (including phenoxy) is 1. The Morgan fingerprint density at radius 3 is 2.55 bits per heavy atom. The lowest BCUT2D eigenvalue weighted by Crippen LogP contribution is -2.03. The highest BCUT2D eigenvalue weighted by Crippen LogP contribution is 2.45. The lowest BCUT2D eigenvalue weighted by atomic mass is 10.0. The maximum absolute atomic E-state index is 5.04. The Morgan fingerprint density at radius 1 is 1.24 bits per heavy atom. The normalized spacial score (nSPS) is 13.5. The number of hydrogen-bond donors (Lipinski definition) is 2. The summed E-state index contributed by atoms with van der Waals surface area (Å²) in [6.45, 7) is 9.42. The summed E-state index contributed by atoms with van der Waals surface area (Å²) < 4.78 is 4.69. The summed E-state index contributed by atoms with van der Waals surface area (Å²) in [5.41, 5.74) is 8.02. The van der Waals surface area contributed by atoms with Gasteiger partial charge in [0, 0.05) is 38.2 Å². The number of pyridine rings is 2. The van der Waals surface area contributed by atoms with Crippen LogP contribution in [-0.2, 0) is 4.74 Å². The number of aryl methyl sites for hydroxylation is 1. The Morgan fingerprint density at radius 2 is 2.00 bits per heavy atom. The quantitative estimate of drug-likeness (QED) is 0.537. The minimum Gasteiger partial charge on any atom is -0.385 e. The minimum atomic E-state index is 0.413. The molecule has 5 heteroatoms. The molecule has 0 bridgehead atoms. The molecule has 5 nitrogen and oxygen atoms in total. The number of rotatable bonds is 6. The van der Waals surface area contributed by atoms with Gasteiger partial charge in [0.15, 0.2) is 0 Å². The van der Waals surface area contributed by atoms with E-state index in [9.17, 15) is 0 Å². The van der Waals surface area contributed by atoms with Gasteiger partial charge in [-0.05, 0) is 67.3 Å². The van der Waals surface area contributed by atoms with Crippen LogP contribution in [-0.4, -0.2) is 35.7 Å². The largest absolute Gasteiger partial charge is 0.385 e. The molecule has 0 aliphatic heterocycles. The minimum absolute atomic E-state index is 0.413. The van der Waals surface area contributed by atoms with Gasteiger partial charge in [-0.15, -0.1) is 0 Å². The first-order valence-electron chi connectivity index (χ1n) is 10.7. The average Bonchev–Trinajstić information content (AvgIpc) is 3.51. The van der Waals surface area contributed by atoms with Crippen LogP contribution in [0.1, 0.15) is 68.7 Å². The molecule has 0 saturated heterocycles. The average molecular weight is 395 g/mol. The van der Waals surface area contributed by atoms with E-state index in [1.807, 2.05) is 13.2 Å². The van der Waals surface area contributed by atoms with Gasteiger partial charge in [0.1, 0.15) is 5.82 Å². The number of hydrogen-bond acceptors (Lipinski definition) is 4. The van der Waals surface area contributed by atoms with E-state index in [1.165, 1.54) is 24.0 Å². The van der Waals surface area contributed by atoms with Gasteiger partial charge in [-0.3, -0.25) is 0 Å². The van der Waals surface area contributed by atoms with Crippen molar-refractivity contribution in [3.05, 3.63) is 41.2 Å². The van der Waals surface area contributed by atoms with Gasteiger partial charge in [-0.25, -0.2) is 9.97 Å². The molecule has 1 fully saturated rings. The first kappa shape index (κ1) is 21.3. The maximum atomic E-state index is 5.04. The molecule has 4 rings (SSSR count). The zero-order valence-corrected chi connectivity index (χ0v) is 18.6. The number of aromatic nitrogens is 3. The third kappa shape index (κ3) is 4.78. The SMILES string of the molecule is CCCOC.CNc1nc(C(C)C)ccc1-c1nc2c(C)c[nH]c2cc1C1CC1. The van der Waals surface area contributed by atoms with E-state index < -0.39 is 0 Å². The number of nitrogens with zero attached hydrogens (tertiary/aromatic N) is 2. The fourth-order valence-corrected chi connectivity index (χ4v) is 3.50. The molecule has 1 aliphatic carbocycles. The highest BCUT2D eigenvalue weighted by Gasteiger charge is 2.29. The second-order valence-corrected chi connectivity index (χ2v) is 8.10.